The molecule has 6 heteroatoms. The minimum Gasteiger partial charge on any atom is -0.335 e. The first-order valence-corrected chi connectivity index (χ1v) is 8.68. The van der Waals surface area contributed by atoms with E-state index >= 15 is 0 Å². The quantitative estimate of drug-likeness (QED) is 0.777. The first-order valence-electron chi connectivity index (χ1n) is 8.68. The van der Waals surface area contributed by atoms with Gasteiger partial charge < -0.3 is 4.90 Å². The second-order valence-electron chi connectivity index (χ2n) is 6.88. The van der Waals surface area contributed by atoms with Gasteiger partial charge in [-0.3, -0.25) is 9.69 Å². The number of hydrogen-bond acceptors (Lipinski definition) is 4. The van der Waals surface area contributed by atoms with E-state index in [1.165, 1.54) is 11.1 Å². The standard InChI is InChI=1S/C19H19N5O/c25-19(14-5-6-17-18(9-14)21-22-20-17)24-11-16(12-24)23-8-7-13-3-1-2-4-15(13)10-23/h1-6,9,16H,7-8,10-12H2,(H,20,21,22). The molecule has 1 aromatic heterocycles. The molecule has 0 spiro atoms. The minimum atomic E-state index is 0.0820. The number of aromatic nitrogens is 3. The summed E-state index contributed by atoms with van der Waals surface area (Å²) in [5.41, 5.74) is 5.09. The number of likely N-dealkylation sites (tertiary alicyclic amines) is 1. The first kappa shape index (κ1) is 14.6. The number of amides is 1. The molecular weight excluding hydrogens is 314 g/mol. The Hall–Kier alpha value is -2.73. The highest BCUT2D eigenvalue weighted by atomic mass is 16.2. The normalized spacial score (nSPS) is 18.2. The van der Waals surface area contributed by atoms with Crippen LogP contribution in [0.15, 0.2) is 42.5 Å². The number of carbonyl (C=O) groups excluding carboxylic acids is 1. The molecule has 1 amide bonds. The number of aromatic amines is 1. The van der Waals surface area contributed by atoms with Crippen molar-refractivity contribution >= 4 is 16.9 Å². The van der Waals surface area contributed by atoms with Crippen LogP contribution in [0.4, 0.5) is 0 Å². The summed E-state index contributed by atoms with van der Waals surface area (Å²) in [7, 11) is 0. The van der Waals surface area contributed by atoms with E-state index in [-0.39, 0.29) is 5.91 Å². The Morgan fingerprint density at radius 3 is 2.72 bits per heavy atom. The fourth-order valence-corrected chi connectivity index (χ4v) is 3.84. The van der Waals surface area contributed by atoms with Gasteiger partial charge in [-0.05, 0) is 35.7 Å². The SMILES string of the molecule is O=C(c1ccc2n[nH]nc2c1)N1CC(N2CCc3ccccc3C2)C1. The number of H-pyrrole nitrogens is 1. The topological polar surface area (TPSA) is 65.1 Å². The van der Waals surface area contributed by atoms with E-state index in [2.05, 4.69) is 44.6 Å². The van der Waals surface area contributed by atoms with Crippen LogP contribution >= 0.6 is 0 Å². The van der Waals surface area contributed by atoms with Crippen LogP contribution in [0.25, 0.3) is 11.0 Å². The third-order valence-corrected chi connectivity index (χ3v) is 5.39. The zero-order valence-corrected chi connectivity index (χ0v) is 13.9. The smallest absolute Gasteiger partial charge is 0.254 e. The lowest BCUT2D eigenvalue weighted by atomic mass is 9.96. The van der Waals surface area contributed by atoms with E-state index in [0.717, 1.165) is 43.6 Å². The Morgan fingerprint density at radius 2 is 1.84 bits per heavy atom. The van der Waals surface area contributed by atoms with E-state index < -0.39 is 0 Å². The second kappa shape index (κ2) is 5.67. The molecule has 6 nitrogen and oxygen atoms in total. The van der Waals surface area contributed by atoms with Gasteiger partial charge in [-0.2, -0.15) is 15.4 Å². The zero-order valence-electron chi connectivity index (χ0n) is 13.9. The molecule has 0 saturated carbocycles. The highest BCUT2D eigenvalue weighted by Crippen LogP contribution is 2.25. The Labute approximate surface area is 145 Å². The third kappa shape index (κ3) is 2.49. The van der Waals surface area contributed by atoms with Gasteiger partial charge in [-0.15, -0.1) is 0 Å². The van der Waals surface area contributed by atoms with Crippen LogP contribution in [0.3, 0.4) is 0 Å². The molecule has 2 aliphatic heterocycles. The van der Waals surface area contributed by atoms with Crippen LogP contribution < -0.4 is 0 Å². The van der Waals surface area contributed by atoms with Crippen molar-refractivity contribution in [3.63, 3.8) is 0 Å². The first-order chi connectivity index (χ1) is 12.3. The summed E-state index contributed by atoms with van der Waals surface area (Å²) in [4.78, 5) is 17.1. The summed E-state index contributed by atoms with van der Waals surface area (Å²) in [6.07, 6.45) is 1.10. The largest absolute Gasteiger partial charge is 0.335 e. The van der Waals surface area contributed by atoms with Crippen molar-refractivity contribution < 1.29 is 4.79 Å². The van der Waals surface area contributed by atoms with Gasteiger partial charge in [0.2, 0.25) is 0 Å². The number of rotatable bonds is 2. The Balaban J connectivity index is 1.25. The van der Waals surface area contributed by atoms with Crippen LogP contribution in [0.1, 0.15) is 21.5 Å². The van der Waals surface area contributed by atoms with Crippen molar-refractivity contribution in [3.8, 4) is 0 Å². The molecule has 3 aromatic rings. The van der Waals surface area contributed by atoms with Gasteiger partial charge >= 0.3 is 0 Å². The van der Waals surface area contributed by atoms with E-state index in [9.17, 15) is 4.79 Å². The van der Waals surface area contributed by atoms with Gasteiger partial charge in [-0.1, -0.05) is 24.3 Å². The van der Waals surface area contributed by atoms with Gasteiger partial charge in [-0.25, -0.2) is 0 Å². The van der Waals surface area contributed by atoms with Crippen LogP contribution in [-0.4, -0.2) is 56.8 Å². The van der Waals surface area contributed by atoms with Crippen LogP contribution in [0.5, 0.6) is 0 Å². The molecular formula is C19H19N5O. The number of carbonyl (C=O) groups is 1. The van der Waals surface area contributed by atoms with E-state index in [1.807, 2.05) is 23.1 Å². The summed E-state index contributed by atoms with van der Waals surface area (Å²) in [5.74, 6) is 0.0820. The van der Waals surface area contributed by atoms with Gasteiger partial charge in [0.25, 0.3) is 5.91 Å². The highest BCUT2D eigenvalue weighted by molar-refractivity contribution is 5.97. The van der Waals surface area contributed by atoms with E-state index in [1.54, 1.807) is 0 Å². The Kier molecular flexibility index (Phi) is 3.31. The molecule has 0 atom stereocenters. The maximum atomic E-state index is 12.7. The van der Waals surface area contributed by atoms with Gasteiger partial charge in [0.05, 0.1) is 0 Å². The molecule has 3 heterocycles. The van der Waals surface area contributed by atoms with Crippen molar-refractivity contribution in [1.82, 2.24) is 25.2 Å². The molecule has 2 aliphatic rings. The summed E-state index contributed by atoms with van der Waals surface area (Å²) in [6.45, 7) is 3.68. The fraction of sp³-hybridized carbons (Fsp3) is 0.316. The van der Waals surface area contributed by atoms with E-state index in [0.29, 0.717) is 11.6 Å². The highest BCUT2D eigenvalue weighted by Gasteiger charge is 2.36. The molecule has 1 N–H and O–H groups in total. The Bertz CT molecular complexity index is 944. The average molecular weight is 333 g/mol. The minimum absolute atomic E-state index is 0.0820. The molecule has 25 heavy (non-hydrogen) atoms. The van der Waals surface area contributed by atoms with Crippen molar-refractivity contribution in [3.05, 3.63) is 59.2 Å². The predicted octanol–water partition coefficient (Wildman–Crippen LogP) is 1.84. The molecule has 2 aromatic carbocycles. The van der Waals surface area contributed by atoms with Crippen molar-refractivity contribution in [1.29, 1.82) is 0 Å². The summed E-state index contributed by atoms with van der Waals surface area (Å²) < 4.78 is 0. The molecule has 5 rings (SSSR count). The molecule has 0 aliphatic carbocycles. The van der Waals surface area contributed by atoms with Crippen molar-refractivity contribution in [2.75, 3.05) is 19.6 Å². The predicted molar refractivity (Wildman–Crippen MR) is 94.1 cm³/mol. The van der Waals surface area contributed by atoms with Crippen LogP contribution in [-0.2, 0) is 13.0 Å². The fourth-order valence-electron chi connectivity index (χ4n) is 3.84. The molecule has 0 unspecified atom stereocenters. The Morgan fingerprint density at radius 1 is 1.04 bits per heavy atom. The lowest BCUT2D eigenvalue weighted by Crippen LogP contribution is -2.61. The summed E-state index contributed by atoms with van der Waals surface area (Å²) in [5, 5.41) is 10.7. The second-order valence-corrected chi connectivity index (χ2v) is 6.88. The zero-order chi connectivity index (χ0) is 16.8. The molecule has 0 bridgehead atoms. The maximum absolute atomic E-state index is 12.7. The lowest BCUT2D eigenvalue weighted by molar-refractivity contribution is 0.0218. The molecule has 126 valence electrons. The number of nitrogens with zero attached hydrogens (tertiary/aromatic N) is 4. The lowest BCUT2D eigenvalue weighted by Gasteiger charge is -2.47. The third-order valence-electron chi connectivity index (χ3n) is 5.39. The molecule has 1 fully saturated rings. The van der Waals surface area contributed by atoms with Crippen molar-refractivity contribution in [2.45, 2.75) is 19.0 Å². The monoisotopic (exact) mass is 333 g/mol. The number of hydrogen-bond donors (Lipinski definition) is 1. The summed E-state index contributed by atoms with van der Waals surface area (Å²) in [6, 6.07) is 14.6. The summed E-state index contributed by atoms with van der Waals surface area (Å²) >= 11 is 0. The maximum Gasteiger partial charge on any atom is 0.254 e. The van der Waals surface area contributed by atoms with Crippen LogP contribution in [0.2, 0.25) is 0 Å². The van der Waals surface area contributed by atoms with Gasteiger partial charge in [0, 0.05) is 37.8 Å². The number of fused-ring (bicyclic) bond motifs is 2. The molecule has 1 saturated heterocycles. The van der Waals surface area contributed by atoms with Gasteiger partial charge in [0.15, 0.2) is 0 Å². The van der Waals surface area contributed by atoms with Crippen LogP contribution in [0, 0.1) is 0 Å². The molecule has 0 radical (unpaired) electrons. The van der Waals surface area contributed by atoms with Gasteiger partial charge in [0.1, 0.15) is 11.0 Å². The average Bonchev–Trinajstić information content (AvgIpc) is 3.08. The van der Waals surface area contributed by atoms with E-state index in [4.69, 9.17) is 0 Å². The number of nitrogens with one attached hydrogen (secondary N) is 1. The number of benzene rings is 2. The van der Waals surface area contributed by atoms with Crippen molar-refractivity contribution in [2.24, 2.45) is 0 Å².